The van der Waals surface area contributed by atoms with Crippen LogP contribution in [0.5, 0.6) is 0 Å². The van der Waals surface area contributed by atoms with Crippen molar-refractivity contribution < 1.29 is 19.1 Å². The van der Waals surface area contributed by atoms with Crippen LogP contribution < -0.4 is 0 Å². The third kappa shape index (κ3) is 6.33. The quantitative estimate of drug-likeness (QED) is 0.197. The zero-order valence-corrected chi connectivity index (χ0v) is 22.5. The second-order valence-corrected chi connectivity index (χ2v) is 13.3. The van der Waals surface area contributed by atoms with Crippen LogP contribution in [0, 0.1) is 0 Å². The first-order valence-electron chi connectivity index (χ1n) is 11.2. The van der Waals surface area contributed by atoms with Gasteiger partial charge in [0.05, 0.1) is 0 Å². The summed E-state index contributed by atoms with van der Waals surface area (Å²) in [6, 6.07) is 0. The van der Waals surface area contributed by atoms with E-state index in [1.165, 1.54) is 12.2 Å². The highest BCUT2D eigenvalue weighted by Crippen LogP contribution is 2.53. The van der Waals surface area contributed by atoms with Gasteiger partial charge in [-0.05, 0) is 55.4 Å². The molecule has 8 heteroatoms. The normalized spacial score (nSPS) is 25.6. The number of ether oxygens (including phenoxy) is 2. The number of carbonyl (C=O) groups excluding carboxylic acids is 2. The molecule has 0 aromatic heterocycles. The smallest absolute Gasteiger partial charge is 0.330 e. The van der Waals surface area contributed by atoms with E-state index in [0.29, 0.717) is 0 Å². The standard InChI is InChI=1S/C24H40N2O4S2/c1-11-19(27)29-17-13-21(3,4)25(22(5,6)14-17)31-32-26-23(7,8)15-18(16-24(26,9)10)30-20(28)12-2/h11-12,17-18H,1-2,13-16H2,3-10H3. The second kappa shape index (κ2) is 9.72. The Morgan fingerprint density at radius 3 is 1.16 bits per heavy atom. The monoisotopic (exact) mass is 484 g/mol. The molecule has 0 bridgehead atoms. The molecule has 0 unspecified atom stereocenters. The SMILES string of the molecule is C=CC(=O)OC1CC(C)(C)N(SSN2C(C)(C)CC(OC(=O)C=C)CC2(C)C)C(C)(C)C1. The number of piperidine rings is 2. The molecular formula is C24H40N2O4S2. The number of hydrogen-bond acceptors (Lipinski definition) is 8. The van der Waals surface area contributed by atoms with E-state index < -0.39 is 0 Å². The molecule has 6 nitrogen and oxygen atoms in total. The van der Waals surface area contributed by atoms with E-state index in [1.54, 1.807) is 22.0 Å². The van der Waals surface area contributed by atoms with Crippen molar-refractivity contribution in [1.29, 1.82) is 0 Å². The Labute approximate surface area is 202 Å². The third-order valence-electron chi connectivity index (χ3n) is 6.19. The van der Waals surface area contributed by atoms with Gasteiger partial charge in [-0.1, -0.05) is 13.2 Å². The van der Waals surface area contributed by atoms with Crippen molar-refractivity contribution in [3.8, 4) is 0 Å². The topological polar surface area (TPSA) is 59.1 Å². The van der Waals surface area contributed by atoms with Crippen LogP contribution in [-0.2, 0) is 19.1 Å². The Morgan fingerprint density at radius 2 is 0.938 bits per heavy atom. The minimum Gasteiger partial charge on any atom is -0.459 e. The fourth-order valence-corrected chi connectivity index (χ4v) is 9.46. The molecular weight excluding hydrogens is 444 g/mol. The largest absolute Gasteiger partial charge is 0.459 e. The van der Waals surface area contributed by atoms with Crippen molar-refractivity contribution in [3.63, 3.8) is 0 Å². The highest BCUT2D eigenvalue weighted by molar-refractivity contribution is 8.74. The van der Waals surface area contributed by atoms with Crippen molar-refractivity contribution >= 4 is 33.9 Å². The minimum atomic E-state index is -0.361. The van der Waals surface area contributed by atoms with Gasteiger partial charge in [-0.2, -0.15) is 0 Å². The number of nitrogens with zero attached hydrogens (tertiary/aromatic N) is 2. The molecule has 2 aliphatic heterocycles. The molecule has 0 amide bonds. The molecule has 0 aliphatic carbocycles. The van der Waals surface area contributed by atoms with Gasteiger partial charge in [0.25, 0.3) is 0 Å². The highest BCUT2D eigenvalue weighted by Gasteiger charge is 2.51. The van der Waals surface area contributed by atoms with Gasteiger partial charge in [0.15, 0.2) is 0 Å². The van der Waals surface area contributed by atoms with Crippen molar-refractivity contribution in [2.75, 3.05) is 0 Å². The van der Waals surface area contributed by atoms with Gasteiger partial charge < -0.3 is 9.47 Å². The molecule has 2 aliphatic rings. The maximum Gasteiger partial charge on any atom is 0.330 e. The molecule has 2 saturated heterocycles. The number of rotatable bonds is 7. The lowest BCUT2D eigenvalue weighted by Gasteiger charge is -2.56. The van der Waals surface area contributed by atoms with Crippen molar-refractivity contribution in [2.24, 2.45) is 0 Å². The maximum absolute atomic E-state index is 11.8. The van der Waals surface area contributed by atoms with Crippen LogP contribution in [0.25, 0.3) is 0 Å². The van der Waals surface area contributed by atoms with E-state index in [4.69, 9.17) is 9.47 Å². The van der Waals surface area contributed by atoms with Gasteiger partial charge in [-0.15, -0.1) is 0 Å². The first-order chi connectivity index (χ1) is 14.5. The second-order valence-electron chi connectivity index (χ2n) is 11.3. The lowest BCUT2D eigenvalue weighted by atomic mass is 9.81. The molecule has 0 saturated carbocycles. The molecule has 0 radical (unpaired) electrons. The minimum absolute atomic E-state index is 0.129. The van der Waals surface area contributed by atoms with E-state index in [1.807, 2.05) is 0 Å². The summed E-state index contributed by atoms with van der Waals surface area (Å²) in [6.07, 6.45) is 5.25. The van der Waals surface area contributed by atoms with Crippen LogP contribution in [-0.4, -0.2) is 54.9 Å². The van der Waals surface area contributed by atoms with E-state index in [0.717, 1.165) is 25.7 Å². The first-order valence-corrected chi connectivity index (χ1v) is 13.2. The Bertz CT molecular complexity index is 650. The van der Waals surface area contributed by atoms with E-state index in [9.17, 15) is 9.59 Å². The third-order valence-corrected chi connectivity index (χ3v) is 9.63. The molecule has 182 valence electrons. The number of esters is 2. The summed E-state index contributed by atoms with van der Waals surface area (Å²) in [5.74, 6) is -0.721. The fraction of sp³-hybridized carbons (Fsp3) is 0.750. The zero-order chi connectivity index (χ0) is 24.5. The van der Waals surface area contributed by atoms with Crippen LogP contribution in [0.3, 0.4) is 0 Å². The van der Waals surface area contributed by atoms with Gasteiger partial charge in [0.2, 0.25) is 0 Å². The Morgan fingerprint density at radius 1 is 0.688 bits per heavy atom. The molecule has 0 N–H and O–H groups in total. The average molecular weight is 485 g/mol. The van der Waals surface area contributed by atoms with Gasteiger partial charge in [-0.3, -0.25) is 0 Å². The van der Waals surface area contributed by atoms with E-state index in [-0.39, 0.29) is 46.3 Å². The van der Waals surface area contributed by atoms with Gasteiger partial charge in [0, 0.05) is 82.0 Å². The zero-order valence-electron chi connectivity index (χ0n) is 20.9. The van der Waals surface area contributed by atoms with Gasteiger partial charge >= 0.3 is 11.9 Å². The summed E-state index contributed by atoms with van der Waals surface area (Å²) in [5, 5.41) is 0. The van der Waals surface area contributed by atoms with Crippen molar-refractivity contribution in [2.45, 2.75) is 115 Å². The lowest BCUT2D eigenvalue weighted by Crippen LogP contribution is -2.61. The summed E-state index contributed by atoms with van der Waals surface area (Å²) in [7, 11) is 3.52. The summed E-state index contributed by atoms with van der Waals surface area (Å²) in [5.41, 5.74) is -0.676. The molecule has 0 aromatic rings. The lowest BCUT2D eigenvalue weighted by molar-refractivity contribution is -0.150. The number of hydrogen-bond donors (Lipinski definition) is 0. The van der Waals surface area contributed by atoms with Crippen molar-refractivity contribution in [3.05, 3.63) is 25.3 Å². The van der Waals surface area contributed by atoms with Gasteiger partial charge in [0.1, 0.15) is 12.2 Å². The van der Waals surface area contributed by atoms with Crippen LogP contribution in [0.4, 0.5) is 0 Å². The number of carbonyl (C=O) groups is 2. The van der Waals surface area contributed by atoms with Crippen LogP contribution in [0.15, 0.2) is 25.3 Å². The summed E-state index contributed by atoms with van der Waals surface area (Å²) >= 11 is 0. The predicted molar refractivity (Wildman–Crippen MR) is 134 cm³/mol. The molecule has 2 heterocycles. The average Bonchev–Trinajstić information content (AvgIpc) is 2.60. The maximum atomic E-state index is 11.8. The summed E-state index contributed by atoms with van der Waals surface area (Å²) in [4.78, 5) is 23.5. The van der Waals surface area contributed by atoms with Gasteiger partial charge in [-0.25, -0.2) is 18.2 Å². The van der Waals surface area contributed by atoms with E-state index in [2.05, 4.69) is 77.2 Å². The Hall–Kier alpha value is -0.960. The van der Waals surface area contributed by atoms with Crippen LogP contribution in [0.2, 0.25) is 0 Å². The molecule has 2 fully saturated rings. The van der Waals surface area contributed by atoms with Crippen LogP contribution >= 0.6 is 22.0 Å². The van der Waals surface area contributed by atoms with Crippen molar-refractivity contribution in [1.82, 2.24) is 8.61 Å². The van der Waals surface area contributed by atoms with E-state index >= 15 is 0 Å². The van der Waals surface area contributed by atoms with Crippen LogP contribution in [0.1, 0.15) is 81.1 Å². The molecule has 32 heavy (non-hydrogen) atoms. The molecule has 0 aromatic carbocycles. The first kappa shape index (κ1) is 27.3. The Balaban J connectivity index is 2.14. The highest BCUT2D eigenvalue weighted by atomic mass is 33.1. The summed E-state index contributed by atoms with van der Waals surface area (Å²) < 4.78 is 16.1. The Kier molecular flexibility index (Phi) is 8.29. The summed E-state index contributed by atoms with van der Waals surface area (Å²) in [6.45, 7) is 24.7. The molecule has 2 rings (SSSR count). The molecule has 0 atom stereocenters. The molecule has 0 spiro atoms. The predicted octanol–water partition coefficient (Wildman–Crippen LogP) is 5.70. The fourth-order valence-electron chi connectivity index (χ4n) is 5.40.